The van der Waals surface area contributed by atoms with Crippen molar-refractivity contribution in [2.24, 2.45) is 0 Å². The highest BCUT2D eigenvalue weighted by Gasteiger charge is 2.24. The van der Waals surface area contributed by atoms with E-state index < -0.39 is 0 Å². The van der Waals surface area contributed by atoms with Crippen LogP contribution in [-0.2, 0) is 0 Å². The van der Waals surface area contributed by atoms with Gasteiger partial charge >= 0.3 is 0 Å². The van der Waals surface area contributed by atoms with Gasteiger partial charge in [0.1, 0.15) is 23.1 Å². The summed E-state index contributed by atoms with van der Waals surface area (Å²) in [6.07, 6.45) is 1.26. The zero-order chi connectivity index (χ0) is 19.1. The Morgan fingerprint density at radius 3 is 2.63 bits per heavy atom. The number of likely N-dealkylation sites (N-methyl/N-ethyl adjacent to an activating group) is 1. The lowest BCUT2D eigenvalue weighted by molar-refractivity contribution is 0.207. The van der Waals surface area contributed by atoms with Gasteiger partial charge in [0.15, 0.2) is 5.82 Å². The second-order valence-electron chi connectivity index (χ2n) is 7.48. The van der Waals surface area contributed by atoms with Crippen LogP contribution >= 0.6 is 0 Å². The summed E-state index contributed by atoms with van der Waals surface area (Å²) in [5, 5.41) is 14.6. The van der Waals surface area contributed by atoms with Gasteiger partial charge in [-0.15, -0.1) is 5.10 Å². The molecule has 0 spiro atoms. The van der Waals surface area contributed by atoms with Gasteiger partial charge in [0, 0.05) is 27.2 Å². The summed E-state index contributed by atoms with van der Waals surface area (Å²) in [6.45, 7) is 6.07. The summed E-state index contributed by atoms with van der Waals surface area (Å²) >= 11 is 0. The monoisotopic (exact) mass is 366 g/mol. The minimum atomic E-state index is 0.212. The second-order valence-corrected chi connectivity index (χ2v) is 7.48. The Kier molecular flexibility index (Phi) is 4.47. The van der Waals surface area contributed by atoms with Crippen LogP contribution in [0.4, 0.5) is 5.82 Å². The quantitative estimate of drug-likeness (QED) is 0.707. The van der Waals surface area contributed by atoms with Crippen molar-refractivity contribution in [2.75, 3.05) is 39.1 Å². The van der Waals surface area contributed by atoms with E-state index in [1.54, 1.807) is 0 Å². The normalized spacial score (nSPS) is 17.6. The highest BCUT2D eigenvalue weighted by atomic mass is 16.5. The number of ether oxygens (including phenoxy) is 1. The van der Waals surface area contributed by atoms with Gasteiger partial charge in [0.25, 0.3) is 0 Å². The molecule has 0 radical (unpaired) electrons. The van der Waals surface area contributed by atoms with Gasteiger partial charge < -0.3 is 14.5 Å². The molecule has 0 bridgehead atoms. The van der Waals surface area contributed by atoms with Crippen molar-refractivity contribution in [3.05, 3.63) is 35.7 Å². The van der Waals surface area contributed by atoms with Gasteiger partial charge in [-0.25, -0.2) is 4.68 Å². The van der Waals surface area contributed by atoms with E-state index in [1.165, 1.54) is 0 Å². The predicted octanol–water partition coefficient (Wildman–Crippen LogP) is 2.58. The molecule has 142 valence electrons. The number of benzene rings is 1. The summed E-state index contributed by atoms with van der Waals surface area (Å²) in [6, 6.07) is 8.11. The smallest absolute Gasteiger partial charge is 0.179 e. The lowest BCUT2D eigenvalue weighted by Crippen LogP contribution is -2.22. The lowest BCUT2D eigenvalue weighted by atomic mass is 10.2. The Hall–Kier alpha value is -2.67. The van der Waals surface area contributed by atoms with Crippen molar-refractivity contribution in [1.82, 2.24) is 24.9 Å². The van der Waals surface area contributed by atoms with E-state index in [2.05, 4.69) is 35.1 Å². The van der Waals surface area contributed by atoms with Crippen LogP contribution in [0.2, 0.25) is 0 Å². The van der Waals surface area contributed by atoms with Gasteiger partial charge in [-0.3, -0.25) is 0 Å². The first-order chi connectivity index (χ1) is 13.0. The van der Waals surface area contributed by atoms with Crippen molar-refractivity contribution in [3.63, 3.8) is 0 Å². The SMILES string of the molecule is Cc1nnc(N(C)C)c2nn(-c3ccccc3OC3CCN(C)C3)c(C)c12. The summed E-state index contributed by atoms with van der Waals surface area (Å²) in [7, 11) is 6.05. The molecule has 0 aliphatic carbocycles. The molecule has 0 saturated carbocycles. The van der Waals surface area contributed by atoms with Crippen LogP contribution in [0.5, 0.6) is 5.75 Å². The first-order valence-corrected chi connectivity index (χ1v) is 9.30. The van der Waals surface area contributed by atoms with Crippen LogP contribution in [0, 0.1) is 13.8 Å². The molecule has 1 aliphatic rings. The van der Waals surface area contributed by atoms with Gasteiger partial charge in [0.05, 0.1) is 16.8 Å². The molecule has 1 fully saturated rings. The van der Waals surface area contributed by atoms with Crippen molar-refractivity contribution in [1.29, 1.82) is 0 Å². The largest absolute Gasteiger partial charge is 0.487 e. The van der Waals surface area contributed by atoms with Crippen molar-refractivity contribution in [3.8, 4) is 11.4 Å². The van der Waals surface area contributed by atoms with Crippen LogP contribution < -0.4 is 9.64 Å². The zero-order valence-electron chi connectivity index (χ0n) is 16.6. The van der Waals surface area contributed by atoms with E-state index in [4.69, 9.17) is 9.84 Å². The van der Waals surface area contributed by atoms with Crippen LogP contribution in [0.1, 0.15) is 17.8 Å². The van der Waals surface area contributed by atoms with Gasteiger partial charge in [-0.2, -0.15) is 10.2 Å². The molecule has 1 aromatic carbocycles. The molecule has 7 heteroatoms. The number of nitrogens with zero attached hydrogens (tertiary/aromatic N) is 6. The first kappa shape index (κ1) is 17.7. The maximum atomic E-state index is 6.35. The molecule has 4 rings (SSSR count). The van der Waals surface area contributed by atoms with Gasteiger partial charge in [-0.1, -0.05) is 12.1 Å². The number of hydrogen-bond acceptors (Lipinski definition) is 6. The maximum Gasteiger partial charge on any atom is 0.179 e. The molecule has 1 unspecified atom stereocenters. The molecule has 0 N–H and O–H groups in total. The van der Waals surface area contributed by atoms with Crippen LogP contribution in [0.3, 0.4) is 0 Å². The predicted molar refractivity (Wildman–Crippen MR) is 107 cm³/mol. The highest BCUT2D eigenvalue weighted by molar-refractivity contribution is 5.92. The van der Waals surface area contributed by atoms with E-state index in [-0.39, 0.29) is 6.10 Å². The fraction of sp³-hybridized carbons (Fsp3) is 0.450. The summed E-state index contributed by atoms with van der Waals surface area (Å²) in [4.78, 5) is 4.24. The molecular weight excluding hydrogens is 340 g/mol. The molecule has 1 atom stereocenters. The Labute approximate surface area is 159 Å². The third-order valence-corrected chi connectivity index (χ3v) is 5.14. The van der Waals surface area contributed by atoms with E-state index in [0.717, 1.165) is 59.1 Å². The minimum Gasteiger partial charge on any atom is -0.487 e. The molecule has 1 aliphatic heterocycles. The number of para-hydroxylation sites is 2. The summed E-state index contributed by atoms with van der Waals surface area (Å²) in [5.74, 6) is 1.63. The molecule has 7 nitrogen and oxygen atoms in total. The Morgan fingerprint density at radius 1 is 1.15 bits per heavy atom. The second kappa shape index (κ2) is 6.81. The van der Waals surface area contributed by atoms with Gasteiger partial charge in [0.2, 0.25) is 0 Å². The number of likely N-dealkylation sites (tertiary alicyclic amines) is 1. The molecular formula is C20H26N6O. The molecule has 3 heterocycles. The fourth-order valence-electron chi connectivity index (χ4n) is 3.75. The number of anilines is 1. The minimum absolute atomic E-state index is 0.212. The Bertz CT molecular complexity index is 980. The molecule has 3 aromatic rings. The fourth-order valence-corrected chi connectivity index (χ4v) is 3.75. The van der Waals surface area contributed by atoms with E-state index in [1.807, 2.05) is 48.8 Å². The Balaban J connectivity index is 1.82. The van der Waals surface area contributed by atoms with Crippen LogP contribution in [0.15, 0.2) is 24.3 Å². The number of aryl methyl sites for hydroxylation is 2. The van der Waals surface area contributed by atoms with E-state index in [9.17, 15) is 0 Å². The van der Waals surface area contributed by atoms with Crippen molar-refractivity contribution >= 4 is 16.7 Å². The maximum absolute atomic E-state index is 6.35. The summed E-state index contributed by atoms with van der Waals surface area (Å²) in [5.41, 5.74) is 3.74. The molecule has 2 aromatic heterocycles. The van der Waals surface area contributed by atoms with Gasteiger partial charge in [-0.05, 0) is 39.4 Å². The molecule has 27 heavy (non-hydrogen) atoms. The topological polar surface area (TPSA) is 59.3 Å². The number of aromatic nitrogens is 4. The summed E-state index contributed by atoms with van der Waals surface area (Å²) < 4.78 is 8.31. The average Bonchev–Trinajstić information content (AvgIpc) is 3.19. The third-order valence-electron chi connectivity index (χ3n) is 5.14. The Morgan fingerprint density at radius 2 is 1.93 bits per heavy atom. The average molecular weight is 366 g/mol. The zero-order valence-corrected chi connectivity index (χ0v) is 16.6. The number of rotatable bonds is 4. The molecule has 1 saturated heterocycles. The third kappa shape index (κ3) is 3.12. The van der Waals surface area contributed by atoms with Crippen LogP contribution in [0.25, 0.3) is 16.6 Å². The van der Waals surface area contributed by atoms with Crippen molar-refractivity contribution < 1.29 is 4.74 Å². The van der Waals surface area contributed by atoms with E-state index >= 15 is 0 Å². The number of fused-ring (bicyclic) bond motifs is 1. The highest BCUT2D eigenvalue weighted by Crippen LogP contribution is 2.32. The molecule has 0 amide bonds. The number of hydrogen-bond donors (Lipinski definition) is 0. The lowest BCUT2D eigenvalue weighted by Gasteiger charge is -2.17. The van der Waals surface area contributed by atoms with E-state index in [0.29, 0.717) is 0 Å². The van der Waals surface area contributed by atoms with Crippen LogP contribution in [-0.4, -0.2) is 65.2 Å². The standard InChI is InChI=1S/C20H26N6O/c1-13-18-14(2)26(23-19(18)20(22-21-13)24(3)4)16-8-6-7-9-17(16)27-15-10-11-25(5)12-15/h6-9,15H,10-12H2,1-5H3. The van der Waals surface area contributed by atoms with Crippen molar-refractivity contribution in [2.45, 2.75) is 26.4 Å². The first-order valence-electron chi connectivity index (χ1n) is 9.30.